The summed E-state index contributed by atoms with van der Waals surface area (Å²) in [6.07, 6.45) is 5.79. The van der Waals surface area contributed by atoms with Crippen LogP contribution in [0.5, 0.6) is 0 Å². The lowest BCUT2D eigenvalue weighted by Gasteiger charge is -2.34. The van der Waals surface area contributed by atoms with Crippen molar-refractivity contribution in [2.45, 2.75) is 87.0 Å². The Hall–Kier alpha value is -2.45. The van der Waals surface area contributed by atoms with Crippen molar-refractivity contribution < 1.29 is 14.3 Å². The van der Waals surface area contributed by atoms with Gasteiger partial charge in [-0.15, -0.1) is 22.7 Å². The number of nitrogen functional groups attached to an aromatic ring is 1. The van der Waals surface area contributed by atoms with Crippen LogP contribution in [0.25, 0.3) is 10.2 Å². The summed E-state index contributed by atoms with van der Waals surface area (Å²) in [5.41, 5.74) is 11.4. The van der Waals surface area contributed by atoms with E-state index in [2.05, 4.69) is 52.9 Å². The second-order valence-corrected chi connectivity index (χ2v) is 15.4. The summed E-state index contributed by atoms with van der Waals surface area (Å²) in [7, 11) is 0. The lowest BCUT2D eigenvalue weighted by atomic mass is 9.71. The fourth-order valence-electron chi connectivity index (χ4n) is 6.09. The lowest BCUT2D eigenvalue weighted by molar-refractivity contribution is 0.0526. The molecule has 0 radical (unpaired) electrons. The zero-order valence-corrected chi connectivity index (χ0v) is 25.9. The first-order valence-corrected chi connectivity index (χ1v) is 15.7. The van der Waals surface area contributed by atoms with E-state index < -0.39 is 0 Å². The molecular weight excluding hydrogens is 526 g/mol. The number of ether oxygens (including phenoxy) is 1. The molecule has 2 aliphatic carbocycles. The highest BCUT2D eigenvalue weighted by molar-refractivity contribution is 7.21. The van der Waals surface area contributed by atoms with Crippen LogP contribution in [0.15, 0.2) is 6.07 Å². The number of anilines is 2. The molecular formula is C31H41N3O3S2. The zero-order chi connectivity index (χ0) is 28.3. The SMILES string of the molecule is CCOC(=O)c1c(NC(=O)c2sc3nc4c(cc3c2N)CC(C(C)(C)C)CC4)sc2c1CCC(C(C)(C)C)C2. The molecule has 2 aliphatic rings. The van der Waals surface area contributed by atoms with E-state index in [0.717, 1.165) is 60.0 Å². The number of rotatable bonds is 4. The van der Waals surface area contributed by atoms with E-state index in [-0.39, 0.29) is 29.3 Å². The van der Waals surface area contributed by atoms with Crippen molar-refractivity contribution in [3.8, 4) is 0 Å². The number of nitrogens with one attached hydrogen (secondary N) is 1. The number of hydrogen-bond donors (Lipinski definition) is 2. The van der Waals surface area contributed by atoms with E-state index in [9.17, 15) is 9.59 Å². The summed E-state index contributed by atoms with van der Waals surface area (Å²) in [5, 5.41) is 4.47. The van der Waals surface area contributed by atoms with E-state index in [1.165, 1.54) is 33.1 Å². The molecule has 2 atom stereocenters. The van der Waals surface area contributed by atoms with E-state index in [0.29, 0.717) is 33.0 Å². The molecule has 39 heavy (non-hydrogen) atoms. The van der Waals surface area contributed by atoms with Gasteiger partial charge >= 0.3 is 5.97 Å². The first-order valence-electron chi connectivity index (χ1n) is 14.1. The van der Waals surface area contributed by atoms with Crippen LogP contribution in [0, 0.1) is 22.7 Å². The largest absolute Gasteiger partial charge is 0.462 e. The van der Waals surface area contributed by atoms with E-state index in [4.69, 9.17) is 15.5 Å². The van der Waals surface area contributed by atoms with Gasteiger partial charge in [0.1, 0.15) is 14.7 Å². The van der Waals surface area contributed by atoms with Crippen LogP contribution in [0.2, 0.25) is 0 Å². The highest BCUT2D eigenvalue weighted by Gasteiger charge is 2.35. The molecule has 3 N–H and O–H groups in total. The maximum absolute atomic E-state index is 13.6. The normalized spacial score (nSPS) is 19.5. The van der Waals surface area contributed by atoms with Gasteiger partial charge in [0.25, 0.3) is 5.91 Å². The molecule has 0 saturated carbocycles. The predicted octanol–water partition coefficient (Wildman–Crippen LogP) is 7.67. The number of esters is 1. The molecule has 0 bridgehead atoms. The molecule has 0 spiro atoms. The number of fused-ring (bicyclic) bond motifs is 3. The molecule has 0 fully saturated rings. The first kappa shape index (κ1) is 28.1. The monoisotopic (exact) mass is 567 g/mol. The van der Waals surface area contributed by atoms with Crippen LogP contribution >= 0.6 is 22.7 Å². The van der Waals surface area contributed by atoms with Gasteiger partial charge in [0.15, 0.2) is 0 Å². The van der Waals surface area contributed by atoms with Crippen molar-refractivity contribution in [2.24, 2.45) is 22.7 Å². The quantitative estimate of drug-likeness (QED) is 0.316. The molecule has 210 valence electrons. The summed E-state index contributed by atoms with van der Waals surface area (Å²) < 4.78 is 5.42. The van der Waals surface area contributed by atoms with E-state index in [1.807, 2.05) is 0 Å². The first-order chi connectivity index (χ1) is 18.3. The summed E-state index contributed by atoms with van der Waals surface area (Å²) in [6.45, 7) is 15.8. The summed E-state index contributed by atoms with van der Waals surface area (Å²) in [6, 6.07) is 2.15. The Balaban J connectivity index is 1.47. The van der Waals surface area contributed by atoms with Gasteiger partial charge in [-0.2, -0.15) is 0 Å². The third-order valence-corrected chi connectivity index (χ3v) is 11.0. The number of nitrogens with two attached hydrogens (primary N) is 1. The average molecular weight is 568 g/mol. The number of aromatic nitrogens is 1. The number of carbonyl (C=O) groups excluding carboxylic acids is 2. The number of nitrogens with zero attached hydrogens (tertiary/aromatic N) is 1. The minimum Gasteiger partial charge on any atom is -0.462 e. The van der Waals surface area contributed by atoms with Gasteiger partial charge in [0.05, 0.1) is 17.9 Å². The number of carbonyl (C=O) groups is 2. The topological polar surface area (TPSA) is 94.3 Å². The second kappa shape index (κ2) is 10.2. The third-order valence-electron chi connectivity index (χ3n) is 8.71. The van der Waals surface area contributed by atoms with Gasteiger partial charge in [-0.3, -0.25) is 4.79 Å². The summed E-state index contributed by atoms with van der Waals surface area (Å²) in [5.74, 6) is 0.454. The summed E-state index contributed by atoms with van der Waals surface area (Å²) >= 11 is 2.84. The van der Waals surface area contributed by atoms with Gasteiger partial charge in [-0.25, -0.2) is 9.78 Å². The third kappa shape index (κ3) is 5.34. The number of amides is 1. The Labute approximate surface area is 239 Å². The fraction of sp³-hybridized carbons (Fsp3) is 0.581. The Bertz CT molecular complexity index is 1440. The maximum Gasteiger partial charge on any atom is 0.341 e. The molecule has 3 aromatic rings. The second-order valence-electron chi connectivity index (χ2n) is 13.3. The predicted molar refractivity (Wildman–Crippen MR) is 162 cm³/mol. The molecule has 8 heteroatoms. The molecule has 2 unspecified atom stereocenters. The van der Waals surface area contributed by atoms with Gasteiger partial charge < -0.3 is 15.8 Å². The number of hydrogen-bond acceptors (Lipinski definition) is 7. The smallest absolute Gasteiger partial charge is 0.341 e. The molecule has 3 aromatic heterocycles. The molecule has 5 rings (SSSR count). The molecule has 6 nitrogen and oxygen atoms in total. The minimum absolute atomic E-state index is 0.180. The van der Waals surface area contributed by atoms with Crippen LogP contribution < -0.4 is 11.1 Å². The Morgan fingerprint density at radius 2 is 1.72 bits per heavy atom. The summed E-state index contributed by atoms with van der Waals surface area (Å²) in [4.78, 5) is 34.0. The van der Waals surface area contributed by atoms with Gasteiger partial charge in [-0.1, -0.05) is 41.5 Å². The Kier molecular flexibility index (Phi) is 7.34. The molecule has 0 aliphatic heterocycles. The van der Waals surface area contributed by atoms with Crippen LogP contribution in [0.4, 0.5) is 10.7 Å². The van der Waals surface area contributed by atoms with Crippen LogP contribution in [0.3, 0.4) is 0 Å². The fourth-order valence-corrected chi connectivity index (χ4v) is 8.39. The van der Waals surface area contributed by atoms with Crippen LogP contribution in [0.1, 0.15) is 103 Å². The van der Waals surface area contributed by atoms with Crippen molar-refractivity contribution >= 4 is 55.5 Å². The van der Waals surface area contributed by atoms with Crippen molar-refractivity contribution in [1.29, 1.82) is 0 Å². The molecule has 1 amide bonds. The number of aryl methyl sites for hydroxylation is 1. The van der Waals surface area contributed by atoms with Crippen molar-refractivity contribution in [2.75, 3.05) is 17.7 Å². The zero-order valence-electron chi connectivity index (χ0n) is 24.2. The highest BCUT2D eigenvalue weighted by atomic mass is 32.1. The van der Waals surface area contributed by atoms with Crippen molar-refractivity contribution in [3.05, 3.63) is 38.2 Å². The Morgan fingerprint density at radius 1 is 1.05 bits per heavy atom. The van der Waals surface area contributed by atoms with Crippen LogP contribution in [-0.4, -0.2) is 23.5 Å². The van der Waals surface area contributed by atoms with Gasteiger partial charge in [0.2, 0.25) is 0 Å². The minimum atomic E-state index is -0.369. The van der Waals surface area contributed by atoms with Crippen molar-refractivity contribution in [3.63, 3.8) is 0 Å². The van der Waals surface area contributed by atoms with Crippen LogP contribution in [-0.2, 0) is 30.4 Å². The van der Waals surface area contributed by atoms with E-state index >= 15 is 0 Å². The van der Waals surface area contributed by atoms with Gasteiger partial charge in [-0.05, 0) is 85.3 Å². The van der Waals surface area contributed by atoms with Gasteiger partial charge in [0, 0.05) is 16.0 Å². The molecule has 3 heterocycles. The standard InChI is InChI=1S/C31H41N3O3S2/c1-8-37-29(36)23-19-11-9-18(31(5,6)7)15-22(19)38-28(23)34-26(35)25-24(32)20-14-16-13-17(30(2,3)4)10-12-21(16)33-27(20)39-25/h14,17-18H,8-13,15,32H2,1-7H3,(H,34,35). The van der Waals surface area contributed by atoms with Crippen molar-refractivity contribution in [1.82, 2.24) is 4.98 Å². The van der Waals surface area contributed by atoms with E-state index in [1.54, 1.807) is 6.92 Å². The Morgan fingerprint density at radius 3 is 2.38 bits per heavy atom. The lowest BCUT2D eigenvalue weighted by Crippen LogP contribution is -2.27. The molecule has 0 saturated heterocycles. The number of thiophene rings is 2. The average Bonchev–Trinajstić information content (AvgIpc) is 3.37. The number of pyridine rings is 1. The highest BCUT2D eigenvalue weighted by Crippen LogP contribution is 2.45. The maximum atomic E-state index is 13.6. The molecule has 0 aromatic carbocycles.